The van der Waals surface area contributed by atoms with Gasteiger partial charge in [-0.2, -0.15) is 10.2 Å². The molecule has 1 unspecified atom stereocenters. The van der Waals surface area contributed by atoms with Crippen LogP contribution in [0.5, 0.6) is 17.2 Å². The van der Waals surface area contributed by atoms with Crippen LogP contribution < -0.4 is 14.2 Å². The van der Waals surface area contributed by atoms with Gasteiger partial charge >= 0.3 is 0 Å². The summed E-state index contributed by atoms with van der Waals surface area (Å²) in [7, 11) is 2.72. The predicted octanol–water partition coefficient (Wildman–Crippen LogP) is 10.3. The molecule has 2 aliphatic rings. The van der Waals surface area contributed by atoms with Crippen molar-refractivity contribution in [1.82, 2.24) is 49.3 Å². The first-order valence-corrected chi connectivity index (χ1v) is 24.1. The standard InChI is InChI=1S/C53H58F4N10O3/c1-7-64-14-10-37(11-15-64)66-27-43(31(3)62-66)36-19-40-34(24-59-53(40)61-26-36)21-42-50(56)47(69-6)22-48(51(42)57)70-29-30(2)65-16-12-38(13-17-65)67-28-44(32(4)63-67)35-18-39-33(23-58-52(39)60-25-35)20-41-45(54)8-9-46(68-5)49(41)55/h8-9,18-19,22-28,30,37-38H,7,10-17,20-21,29H2,1-6H3,(H,58,60)(H,59,61). The van der Waals surface area contributed by atoms with E-state index < -0.39 is 23.3 Å². The summed E-state index contributed by atoms with van der Waals surface area (Å²) in [6.45, 7) is 13.1. The van der Waals surface area contributed by atoms with Gasteiger partial charge < -0.3 is 29.1 Å². The van der Waals surface area contributed by atoms with E-state index in [1.165, 1.54) is 32.4 Å². The number of nitrogens with zero attached hydrogens (tertiary/aromatic N) is 8. The third-order valence-corrected chi connectivity index (χ3v) is 14.6. The second-order valence-electron chi connectivity index (χ2n) is 18.8. The van der Waals surface area contributed by atoms with E-state index in [2.05, 4.69) is 42.6 Å². The van der Waals surface area contributed by atoms with Crippen LogP contribution in [0.25, 0.3) is 44.3 Å². The zero-order valence-electron chi connectivity index (χ0n) is 40.4. The first-order valence-electron chi connectivity index (χ1n) is 24.1. The number of pyridine rings is 2. The van der Waals surface area contributed by atoms with E-state index in [1.54, 1.807) is 18.6 Å². The number of aryl methyl sites for hydroxylation is 2. The van der Waals surface area contributed by atoms with Crippen molar-refractivity contribution in [2.24, 2.45) is 0 Å². The number of aromatic amines is 2. The molecule has 0 bridgehead atoms. The molecule has 0 amide bonds. The van der Waals surface area contributed by atoms with Crippen LogP contribution in [-0.2, 0) is 12.8 Å². The summed E-state index contributed by atoms with van der Waals surface area (Å²) in [5.74, 6) is -3.07. The van der Waals surface area contributed by atoms with Gasteiger partial charge in [-0.1, -0.05) is 6.92 Å². The highest BCUT2D eigenvalue weighted by Gasteiger charge is 2.28. The molecular formula is C53H58F4N10O3. The average Bonchev–Trinajstić information content (AvgIpc) is 4.18. The highest BCUT2D eigenvalue weighted by molar-refractivity contribution is 5.86. The Labute approximate surface area is 403 Å². The Morgan fingerprint density at radius 3 is 1.73 bits per heavy atom. The number of benzene rings is 2. The number of aromatic nitrogens is 8. The van der Waals surface area contributed by atoms with Gasteiger partial charge in [-0.05, 0) is 88.4 Å². The topological polar surface area (TPSA) is 127 Å². The molecule has 6 aromatic heterocycles. The summed E-state index contributed by atoms with van der Waals surface area (Å²) in [5.41, 5.74) is 7.81. The number of hydrogen-bond acceptors (Lipinski definition) is 9. The molecule has 0 spiro atoms. The molecule has 366 valence electrons. The number of likely N-dealkylation sites (tertiary alicyclic amines) is 2. The van der Waals surface area contributed by atoms with E-state index in [0.717, 1.165) is 103 Å². The maximum atomic E-state index is 16.5. The molecule has 13 nitrogen and oxygen atoms in total. The number of H-pyrrole nitrogens is 2. The predicted molar refractivity (Wildman–Crippen MR) is 261 cm³/mol. The van der Waals surface area contributed by atoms with Gasteiger partial charge in [-0.15, -0.1) is 0 Å². The lowest BCUT2D eigenvalue weighted by molar-refractivity contribution is 0.102. The average molecular weight is 959 g/mol. The third-order valence-electron chi connectivity index (χ3n) is 14.6. The number of methoxy groups -OCH3 is 2. The van der Waals surface area contributed by atoms with Crippen molar-refractivity contribution in [1.29, 1.82) is 0 Å². The van der Waals surface area contributed by atoms with Crippen molar-refractivity contribution in [2.75, 3.05) is 53.6 Å². The zero-order chi connectivity index (χ0) is 48.8. The monoisotopic (exact) mass is 958 g/mol. The maximum Gasteiger partial charge on any atom is 0.171 e. The molecule has 0 saturated carbocycles. The van der Waals surface area contributed by atoms with Crippen molar-refractivity contribution in [3.8, 4) is 39.5 Å². The van der Waals surface area contributed by atoms with Crippen LogP contribution in [0.4, 0.5) is 17.6 Å². The lowest BCUT2D eigenvalue weighted by Gasteiger charge is -2.36. The molecule has 2 saturated heterocycles. The van der Waals surface area contributed by atoms with E-state index in [-0.39, 0.29) is 59.9 Å². The van der Waals surface area contributed by atoms with Crippen molar-refractivity contribution in [3.63, 3.8) is 0 Å². The molecule has 17 heteroatoms. The zero-order valence-corrected chi connectivity index (χ0v) is 40.4. The van der Waals surface area contributed by atoms with E-state index in [4.69, 9.17) is 29.4 Å². The Hall–Kier alpha value is -6.72. The largest absolute Gasteiger partial charge is 0.494 e. The van der Waals surface area contributed by atoms with Crippen molar-refractivity contribution in [3.05, 3.63) is 124 Å². The number of halogens is 4. The number of ether oxygens (including phenoxy) is 3. The van der Waals surface area contributed by atoms with Gasteiger partial charge in [0, 0.05) is 132 Å². The van der Waals surface area contributed by atoms with Gasteiger partial charge in [-0.3, -0.25) is 14.3 Å². The highest BCUT2D eigenvalue weighted by atomic mass is 19.1. The lowest BCUT2D eigenvalue weighted by Crippen LogP contribution is -2.43. The molecule has 2 aromatic carbocycles. The van der Waals surface area contributed by atoms with Crippen molar-refractivity contribution in [2.45, 2.75) is 84.3 Å². The third kappa shape index (κ3) is 9.00. The molecule has 70 heavy (non-hydrogen) atoms. The number of hydrogen-bond donors (Lipinski definition) is 2. The van der Waals surface area contributed by atoms with Crippen LogP contribution in [0.1, 0.15) is 85.3 Å². The quantitative estimate of drug-likeness (QED) is 0.0966. The first kappa shape index (κ1) is 47.0. The SMILES string of the molecule is CCN1CCC(n2cc(-c3cnc4[nH]cc(Cc5c(F)c(OC)cc(OCC(C)N6CCC(n7cc(-c8cnc9[nH]cc(Cc%10c(F)ccc(OC)c%10F)c9c8)c(C)n7)CC6)c5F)c4c3)c(C)n2)CC1. The fraction of sp³-hybridized carbons (Fsp3) is 0.396. The molecule has 0 aliphatic carbocycles. The molecule has 2 aliphatic heterocycles. The van der Waals surface area contributed by atoms with Crippen LogP contribution in [0, 0.1) is 37.1 Å². The maximum absolute atomic E-state index is 16.5. The summed E-state index contributed by atoms with van der Waals surface area (Å²) < 4.78 is 83.1. The van der Waals surface area contributed by atoms with Gasteiger partial charge in [0.05, 0.1) is 37.7 Å². The number of fused-ring (bicyclic) bond motifs is 2. The smallest absolute Gasteiger partial charge is 0.171 e. The Bertz CT molecular complexity index is 3180. The minimum Gasteiger partial charge on any atom is -0.494 e. The van der Waals surface area contributed by atoms with Crippen LogP contribution in [0.15, 0.2) is 67.5 Å². The number of nitrogens with one attached hydrogen (secondary N) is 2. The van der Waals surface area contributed by atoms with Crippen molar-refractivity contribution < 1.29 is 31.8 Å². The van der Waals surface area contributed by atoms with E-state index >= 15 is 13.2 Å². The molecule has 8 aromatic rings. The second-order valence-corrected chi connectivity index (χ2v) is 18.8. The summed E-state index contributed by atoms with van der Waals surface area (Å²) in [5, 5.41) is 11.3. The molecule has 2 N–H and O–H groups in total. The van der Waals surface area contributed by atoms with Crippen LogP contribution in [0.2, 0.25) is 0 Å². The summed E-state index contributed by atoms with van der Waals surface area (Å²) >= 11 is 0. The molecule has 10 rings (SSSR count). The highest BCUT2D eigenvalue weighted by Crippen LogP contribution is 2.37. The number of rotatable bonds is 15. The Kier molecular flexibility index (Phi) is 13.1. The van der Waals surface area contributed by atoms with E-state index in [0.29, 0.717) is 28.5 Å². The van der Waals surface area contributed by atoms with E-state index in [1.807, 2.05) is 50.0 Å². The lowest BCUT2D eigenvalue weighted by atomic mass is 10.0. The van der Waals surface area contributed by atoms with Gasteiger partial charge in [0.25, 0.3) is 0 Å². The minimum absolute atomic E-state index is 0.0123. The van der Waals surface area contributed by atoms with Gasteiger partial charge in [0.1, 0.15) is 23.7 Å². The fourth-order valence-corrected chi connectivity index (χ4v) is 10.3. The summed E-state index contributed by atoms with van der Waals surface area (Å²) in [4.78, 5) is 20.4. The van der Waals surface area contributed by atoms with Gasteiger partial charge in [-0.25, -0.2) is 27.5 Å². The Morgan fingerprint density at radius 2 is 1.19 bits per heavy atom. The van der Waals surface area contributed by atoms with Crippen LogP contribution >= 0.6 is 0 Å². The van der Waals surface area contributed by atoms with E-state index in [9.17, 15) is 4.39 Å². The minimum atomic E-state index is -0.770. The fourth-order valence-electron chi connectivity index (χ4n) is 10.3. The molecule has 2 fully saturated rings. The normalized spacial score (nSPS) is 15.9. The number of piperidine rings is 2. The first-order chi connectivity index (χ1) is 33.9. The Morgan fingerprint density at radius 1 is 0.671 bits per heavy atom. The summed E-state index contributed by atoms with van der Waals surface area (Å²) in [6.07, 6.45) is 14.9. The van der Waals surface area contributed by atoms with Crippen LogP contribution in [0.3, 0.4) is 0 Å². The van der Waals surface area contributed by atoms with Gasteiger partial charge in [0.15, 0.2) is 34.7 Å². The second kappa shape index (κ2) is 19.6. The molecule has 8 heterocycles. The summed E-state index contributed by atoms with van der Waals surface area (Å²) in [6, 6.07) is 8.19. The van der Waals surface area contributed by atoms with Gasteiger partial charge in [0.2, 0.25) is 0 Å². The van der Waals surface area contributed by atoms with Crippen molar-refractivity contribution >= 4 is 22.1 Å². The van der Waals surface area contributed by atoms with Crippen LogP contribution in [-0.4, -0.2) is 109 Å². The molecule has 0 radical (unpaired) electrons. The molecule has 1 atom stereocenters. The Balaban J connectivity index is 0.791. The molecular weight excluding hydrogens is 901 g/mol.